The van der Waals surface area contributed by atoms with Crippen LogP contribution in [0.3, 0.4) is 0 Å². The summed E-state index contributed by atoms with van der Waals surface area (Å²) in [6, 6.07) is 14.5. The molecule has 0 spiro atoms. The van der Waals surface area contributed by atoms with Gasteiger partial charge >= 0.3 is 0 Å². The van der Waals surface area contributed by atoms with Crippen LogP contribution in [-0.2, 0) is 9.59 Å². The Morgan fingerprint density at radius 3 is 2.30 bits per heavy atom. The Balaban J connectivity index is 2.13. The van der Waals surface area contributed by atoms with Gasteiger partial charge in [0.05, 0.1) is 12.0 Å². The summed E-state index contributed by atoms with van der Waals surface area (Å²) in [4.78, 5) is 24.6. The number of aromatic nitrogens is 1. The molecule has 1 aliphatic rings. The van der Waals surface area contributed by atoms with Crippen LogP contribution in [0.15, 0.2) is 54.9 Å². The van der Waals surface area contributed by atoms with Crippen molar-refractivity contribution in [2.45, 2.75) is 18.9 Å². The first-order valence-corrected chi connectivity index (χ1v) is 7.38. The summed E-state index contributed by atoms with van der Waals surface area (Å²) in [7, 11) is 0. The van der Waals surface area contributed by atoms with Crippen LogP contribution in [0.2, 0.25) is 0 Å². The van der Waals surface area contributed by atoms with E-state index < -0.39 is 23.8 Å². The molecule has 0 saturated carbocycles. The number of nitriles is 1. The zero-order valence-electron chi connectivity index (χ0n) is 12.6. The molecule has 3 atom stereocenters. The van der Waals surface area contributed by atoms with Crippen LogP contribution in [-0.4, -0.2) is 11.8 Å². The number of hydrogen-bond donors (Lipinski definition) is 1. The van der Waals surface area contributed by atoms with Gasteiger partial charge in [-0.05, 0) is 12.5 Å². The lowest BCUT2D eigenvalue weighted by molar-refractivity contribution is -0.713. The van der Waals surface area contributed by atoms with Crippen molar-refractivity contribution in [2.75, 3.05) is 0 Å². The monoisotopic (exact) mass is 306 g/mol. The number of rotatable bonds is 2. The zero-order valence-corrected chi connectivity index (χ0v) is 12.6. The molecule has 2 heterocycles. The fourth-order valence-electron chi connectivity index (χ4n) is 3.00. The van der Waals surface area contributed by atoms with E-state index in [0.717, 1.165) is 11.1 Å². The first-order valence-electron chi connectivity index (χ1n) is 7.38. The van der Waals surface area contributed by atoms with Crippen molar-refractivity contribution < 1.29 is 14.2 Å². The van der Waals surface area contributed by atoms with Gasteiger partial charge in [-0.3, -0.25) is 14.9 Å². The molecule has 1 aliphatic heterocycles. The summed E-state index contributed by atoms with van der Waals surface area (Å²) in [6.07, 6.45) is 3.55. The molecule has 0 unspecified atom stereocenters. The molecule has 1 fully saturated rings. The normalized spacial score (nSPS) is 23.9. The Morgan fingerprint density at radius 2 is 1.70 bits per heavy atom. The molecule has 5 nitrogen and oxygen atoms in total. The number of nitrogens with zero attached hydrogens (tertiary/aromatic N) is 2. The highest BCUT2D eigenvalue weighted by Crippen LogP contribution is 2.36. The van der Waals surface area contributed by atoms with Crippen molar-refractivity contribution in [2.24, 2.45) is 5.92 Å². The molecule has 0 aliphatic carbocycles. The molecule has 0 radical (unpaired) electrons. The fraction of sp³-hybridized carbons (Fsp3) is 0.222. The molecule has 1 aromatic carbocycles. The van der Waals surface area contributed by atoms with Gasteiger partial charge in [0.1, 0.15) is 5.92 Å². The Morgan fingerprint density at radius 1 is 1.04 bits per heavy atom. The Bertz CT molecular complexity index is 778. The third-order valence-corrected chi connectivity index (χ3v) is 4.16. The van der Waals surface area contributed by atoms with Gasteiger partial charge in [-0.1, -0.05) is 35.9 Å². The summed E-state index contributed by atoms with van der Waals surface area (Å²) in [6.45, 7) is 1.97. The molecule has 2 aromatic rings. The maximum atomic E-state index is 12.5. The maximum absolute atomic E-state index is 12.5. The number of carbonyl (C=O) groups is 2. The minimum atomic E-state index is -0.909. The second-order valence-corrected chi connectivity index (χ2v) is 5.66. The van der Waals surface area contributed by atoms with Crippen molar-refractivity contribution in [1.29, 1.82) is 5.26 Å². The third-order valence-electron chi connectivity index (χ3n) is 4.16. The van der Waals surface area contributed by atoms with Crippen molar-refractivity contribution in [3.05, 3.63) is 66.0 Å². The van der Waals surface area contributed by atoms with Crippen molar-refractivity contribution in [3.63, 3.8) is 0 Å². The molecule has 5 heteroatoms. The molecule has 23 heavy (non-hydrogen) atoms. The fourth-order valence-corrected chi connectivity index (χ4v) is 3.00. The van der Waals surface area contributed by atoms with E-state index in [1.165, 1.54) is 0 Å². The molecule has 1 N–H and O–H groups in total. The maximum Gasteiger partial charge on any atom is 0.296 e. The highest BCUT2D eigenvalue weighted by molar-refractivity contribution is 6.02. The number of piperidine rings is 1. The SMILES string of the molecule is Cc1ccc([C@@H]2[C@H](C#N)C(=O)NC(=O)[C@@H]2[n+]2ccccc2)cc1. The predicted octanol–water partition coefficient (Wildman–Crippen LogP) is 1.40. The average molecular weight is 306 g/mol. The van der Waals surface area contributed by atoms with Gasteiger partial charge in [0.15, 0.2) is 12.4 Å². The predicted molar refractivity (Wildman–Crippen MR) is 81.8 cm³/mol. The van der Waals surface area contributed by atoms with Crippen molar-refractivity contribution in [1.82, 2.24) is 5.32 Å². The number of aryl methyl sites for hydroxylation is 1. The number of pyridine rings is 1. The van der Waals surface area contributed by atoms with Crippen molar-refractivity contribution in [3.8, 4) is 6.07 Å². The van der Waals surface area contributed by atoms with Gasteiger partial charge in [0, 0.05) is 12.1 Å². The molecule has 3 rings (SSSR count). The lowest BCUT2D eigenvalue weighted by atomic mass is 9.77. The Hall–Kier alpha value is -3.00. The van der Waals surface area contributed by atoms with Crippen LogP contribution in [0.4, 0.5) is 0 Å². The first kappa shape index (κ1) is 14.9. The van der Waals surface area contributed by atoms with Gasteiger partial charge in [-0.2, -0.15) is 9.83 Å². The molecular formula is C18H16N3O2+. The zero-order chi connectivity index (χ0) is 16.4. The largest absolute Gasteiger partial charge is 0.296 e. The second kappa shape index (κ2) is 6.01. The Kier molecular flexibility index (Phi) is 3.90. The van der Waals surface area contributed by atoms with Crippen LogP contribution in [0.5, 0.6) is 0 Å². The minimum absolute atomic E-state index is 0.386. The van der Waals surface area contributed by atoms with Crippen LogP contribution in [0.25, 0.3) is 0 Å². The third kappa shape index (κ3) is 2.71. The van der Waals surface area contributed by atoms with E-state index in [2.05, 4.69) is 11.4 Å². The standard InChI is InChI=1S/C18H15N3O2/c1-12-5-7-13(8-6-12)15-14(11-19)17(22)20-18(23)16(15)21-9-3-2-4-10-21/h2-10,14-16H,1H3/p+1/t14-,15+,16+/m0/s1. The van der Waals surface area contributed by atoms with Gasteiger partial charge in [0.25, 0.3) is 5.91 Å². The van der Waals surface area contributed by atoms with Gasteiger partial charge in [-0.25, -0.2) is 0 Å². The first-order chi connectivity index (χ1) is 11.1. The molecule has 1 aromatic heterocycles. The molecule has 1 saturated heterocycles. The topological polar surface area (TPSA) is 73.8 Å². The lowest BCUT2D eigenvalue weighted by Gasteiger charge is -2.30. The van der Waals surface area contributed by atoms with E-state index in [-0.39, 0.29) is 5.91 Å². The van der Waals surface area contributed by atoms with Crippen LogP contribution >= 0.6 is 0 Å². The Labute approximate surface area is 134 Å². The summed E-state index contributed by atoms with van der Waals surface area (Å²) in [5, 5.41) is 11.8. The summed E-state index contributed by atoms with van der Waals surface area (Å²) < 4.78 is 1.75. The van der Waals surface area contributed by atoms with Gasteiger partial charge in [-0.15, -0.1) is 0 Å². The van der Waals surface area contributed by atoms with E-state index in [1.54, 1.807) is 17.0 Å². The molecule has 2 amide bonds. The average Bonchev–Trinajstić information content (AvgIpc) is 2.56. The van der Waals surface area contributed by atoms with E-state index in [9.17, 15) is 14.9 Å². The summed E-state index contributed by atoms with van der Waals surface area (Å²) in [5.41, 5.74) is 1.89. The smallest absolute Gasteiger partial charge is 0.289 e. The van der Waals surface area contributed by atoms with E-state index in [4.69, 9.17) is 0 Å². The number of benzene rings is 1. The van der Waals surface area contributed by atoms with Crippen molar-refractivity contribution >= 4 is 11.8 Å². The number of amides is 2. The number of hydrogen-bond acceptors (Lipinski definition) is 3. The molecule has 114 valence electrons. The quantitative estimate of drug-likeness (QED) is 0.673. The van der Waals surface area contributed by atoms with Gasteiger partial charge in [0.2, 0.25) is 11.9 Å². The van der Waals surface area contributed by atoms with E-state index in [1.807, 2.05) is 49.4 Å². The number of imide groups is 1. The number of nitrogens with one attached hydrogen (secondary N) is 1. The second-order valence-electron chi connectivity index (χ2n) is 5.66. The highest BCUT2D eigenvalue weighted by Gasteiger charge is 2.50. The lowest BCUT2D eigenvalue weighted by Crippen LogP contribution is -2.59. The number of carbonyl (C=O) groups excluding carboxylic acids is 2. The van der Waals surface area contributed by atoms with Crippen LogP contribution in [0, 0.1) is 24.2 Å². The van der Waals surface area contributed by atoms with Gasteiger partial charge < -0.3 is 0 Å². The minimum Gasteiger partial charge on any atom is -0.289 e. The molecular weight excluding hydrogens is 290 g/mol. The van der Waals surface area contributed by atoms with Crippen LogP contribution in [0.1, 0.15) is 23.1 Å². The van der Waals surface area contributed by atoms with E-state index in [0.29, 0.717) is 0 Å². The highest BCUT2D eigenvalue weighted by atomic mass is 16.2. The molecule has 0 bridgehead atoms. The summed E-state index contributed by atoms with van der Waals surface area (Å²) >= 11 is 0. The van der Waals surface area contributed by atoms with Crippen LogP contribution < -0.4 is 9.88 Å². The summed E-state index contributed by atoms with van der Waals surface area (Å²) in [5.74, 6) is -2.35. The van der Waals surface area contributed by atoms with E-state index >= 15 is 0 Å².